The van der Waals surface area contributed by atoms with Gasteiger partial charge in [0.15, 0.2) is 11.6 Å². The summed E-state index contributed by atoms with van der Waals surface area (Å²) >= 11 is 0. The summed E-state index contributed by atoms with van der Waals surface area (Å²) < 4.78 is 0. The Morgan fingerprint density at radius 3 is 1.14 bits per heavy atom. The minimum absolute atomic E-state index is 0.462. The van der Waals surface area contributed by atoms with E-state index in [1.165, 1.54) is 77.6 Å². The molecule has 0 saturated carbocycles. The summed E-state index contributed by atoms with van der Waals surface area (Å²) in [6.07, 6.45) is 6.68. The Labute approximate surface area is 559 Å². The minimum atomic E-state index is -0.536. The Kier molecular flexibility index (Phi) is 13.8. The Hall–Kier alpha value is -12.2. The number of aromatic nitrogens is 4. The number of allylic oxidation sites excluding steroid dienone is 4. The van der Waals surface area contributed by atoms with Crippen LogP contribution in [0.4, 0.5) is 0 Å². The maximum absolute atomic E-state index is 5.46. The van der Waals surface area contributed by atoms with Crippen LogP contribution in [-0.2, 0) is 10.8 Å². The highest BCUT2D eigenvalue weighted by Gasteiger charge is 2.48. The molecule has 4 nitrogen and oxygen atoms in total. The van der Waals surface area contributed by atoms with Crippen molar-refractivity contribution in [1.29, 1.82) is 0 Å². The minimum Gasteiger partial charge on any atom is -0.228 e. The second kappa shape index (κ2) is 23.4. The molecule has 0 saturated heterocycles. The molecule has 0 fully saturated rings. The first-order valence-electron chi connectivity index (χ1n) is 33.2. The van der Waals surface area contributed by atoms with Gasteiger partial charge >= 0.3 is 0 Å². The van der Waals surface area contributed by atoms with Gasteiger partial charge in [-0.25, -0.2) is 19.9 Å². The molecule has 3 aliphatic rings. The van der Waals surface area contributed by atoms with E-state index in [0.29, 0.717) is 11.6 Å². The molecule has 2 heterocycles. The van der Waals surface area contributed by atoms with Gasteiger partial charge in [-0.3, -0.25) is 0 Å². The molecule has 0 unspecified atom stereocenters. The molecule has 0 aliphatic heterocycles. The van der Waals surface area contributed by atoms with Gasteiger partial charge in [0.05, 0.1) is 33.6 Å². The summed E-state index contributed by atoms with van der Waals surface area (Å²) in [7, 11) is 0. The van der Waals surface area contributed by atoms with Crippen LogP contribution in [0.1, 0.15) is 57.3 Å². The second-order valence-electron chi connectivity index (χ2n) is 25.4. The molecule has 0 radical (unpaired) electrons. The number of benzene rings is 13. The van der Waals surface area contributed by atoms with E-state index in [-0.39, 0.29) is 0 Å². The molecule has 0 atom stereocenters. The lowest BCUT2D eigenvalue weighted by Crippen LogP contribution is -2.30. The lowest BCUT2D eigenvalue weighted by molar-refractivity contribution is 0.696. The first kappa shape index (κ1) is 56.5. The van der Waals surface area contributed by atoms with E-state index in [1.54, 1.807) is 0 Å². The van der Waals surface area contributed by atoms with Crippen molar-refractivity contribution in [2.45, 2.75) is 23.7 Å². The Balaban J connectivity index is 0.687. The fourth-order valence-corrected chi connectivity index (χ4v) is 15.9. The van der Waals surface area contributed by atoms with Gasteiger partial charge in [0.25, 0.3) is 0 Å². The molecule has 18 rings (SSSR count). The van der Waals surface area contributed by atoms with E-state index in [0.717, 1.165) is 91.3 Å². The predicted octanol–water partition coefficient (Wildman–Crippen LogP) is 22.6. The van der Waals surface area contributed by atoms with Crippen LogP contribution in [0.2, 0.25) is 0 Å². The molecule has 2 aromatic heterocycles. The van der Waals surface area contributed by atoms with Gasteiger partial charge in [0.1, 0.15) is 0 Å². The molecule has 450 valence electrons. The van der Waals surface area contributed by atoms with E-state index in [1.807, 2.05) is 6.07 Å². The van der Waals surface area contributed by atoms with Crippen molar-refractivity contribution in [2.24, 2.45) is 0 Å². The van der Waals surface area contributed by atoms with Crippen LogP contribution in [0.25, 0.3) is 118 Å². The lowest BCUT2D eigenvalue weighted by atomic mass is 9.65. The van der Waals surface area contributed by atoms with Crippen molar-refractivity contribution in [1.82, 2.24) is 19.9 Å². The molecule has 0 bridgehead atoms. The van der Waals surface area contributed by atoms with E-state index in [9.17, 15) is 0 Å². The van der Waals surface area contributed by atoms with Gasteiger partial charge in [-0.2, -0.15) is 0 Å². The van der Waals surface area contributed by atoms with E-state index in [4.69, 9.17) is 19.9 Å². The number of hydrogen-bond donors (Lipinski definition) is 0. The van der Waals surface area contributed by atoms with Crippen LogP contribution in [-0.4, -0.2) is 19.9 Å². The SMILES string of the molecule is C1=CC2=C(CC1)C(c1ccccc1)(c1ccccc1)c1cc(-c3nc(-c4ccccc4)cc(-c4ccc(-c5cccc6c(-c7ccc(-c8cc(-c9ccc%10c(c9)C(c9ccccc9)(c9ccccc9)c9ccccc9-%10)nc(-c9ccccc9)n8)cc7)cccc56)cc4)n3)ccc12. The van der Waals surface area contributed by atoms with E-state index >= 15 is 0 Å². The summed E-state index contributed by atoms with van der Waals surface area (Å²) in [5, 5.41) is 2.36. The number of hydrogen-bond acceptors (Lipinski definition) is 4. The van der Waals surface area contributed by atoms with Crippen LogP contribution >= 0.6 is 0 Å². The molecular weight excluding hydrogens is 1160 g/mol. The lowest BCUT2D eigenvalue weighted by Gasteiger charge is -2.36. The molecule has 13 aromatic carbocycles. The van der Waals surface area contributed by atoms with Crippen molar-refractivity contribution < 1.29 is 0 Å². The average molecular weight is 1220 g/mol. The summed E-state index contributed by atoms with van der Waals surface area (Å²) in [6, 6.07) is 123. The molecule has 15 aromatic rings. The third kappa shape index (κ3) is 9.28. The van der Waals surface area contributed by atoms with Gasteiger partial charge in [0, 0.05) is 33.4 Å². The Morgan fingerprint density at radius 1 is 0.240 bits per heavy atom. The highest BCUT2D eigenvalue weighted by Crippen LogP contribution is 2.59. The van der Waals surface area contributed by atoms with Crippen molar-refractivity contribution in [3.05, 3.63) is 402 Å². The predicted molar refractivity (Wildman–Crippen MR) is 394 cm³/mol. The monoisotopic (exact) mass is 1220 g/mol. The zero-order valence-electron chi connectivity index (χ0n) is 52.7. The average Bonchev–Trinajstić information content (AvgIpc) is 1.57. The molecule has 0 N–H and O–H groups in total. The van der Waals surface area contributed by atoms with E-state index in [2.05, 4.69) is 346 Å². The fraction of sp³-hybridized carbons (Fsp3) is 0.0435. The van der Waals surface area contributed by atoms with Crippen LogP contribution in [0.5, 0.6) is 0 Å². The molecular formula is C92H62N4. The fourth-order valence-electron chi connectivity index (χ4n) is 15.9. The van der Waals surface area contributed by atoms with Crippen molar-refractivity contribution in [3.63, 3.8) is 0 Å². The van der Waals surface area contributed by atoms with Crippen molar-refractivity contribution in [3.8, 4) is 101 Å². The van der Waals surface area contributed by atoms with Gasteiger partial charge in [-0.1, -0.05) is 328 Å². The van der Waals surface area contributed by atoms with Gasteiger partial charge in [0.2, 0.25) is 0 Å². The molecule has 0 amide bonds. The molecule has 3 aliphatic carbocycles. The molecule has 0 spiro atoms. The first-order chi connectivity index (χ1) is 47.6. The highest BCUT2D eigenvalue weighted by molar-refractivity contribution is 6.05. The summed E-state index contributed by atoms with van der Waals surface area (Å²) in [5.74, 6) is 1.37. The third-order valence-corrected chi connectivity index (χ3v) is 20.2. The summed E-state index contributed by atoms with van der Waals surface area (Å²) in [5.41, 5.74) is 28.4. The maximum Gasteiger partial charge on any atom is 0.160 e. The normalized spacial score (nSPS) is 13.8. The zero-order valence-corrected chi connectivity index (χ0v) is 52.7. The van der Waals surface area contributed by atoms with E-state index < -0.39 is 10.8 Å². The van der Waals surface area contributed by atoms with Gasteiger partial charge < -0.3 is 0 Å². The quantitative estimate of drug-likeness (QED) is 0.122. The molecule has 4 heteroatoms. The van der Waals surface area contributed by atoms with Crippen LogP contribution in [0.3, 0.4) is 0 Å². The summed E-state index contributed by atoms with van der Waals surface area (Å²) in [4.78, 5) is 21.5. The Morgan fingerprint density at radius 2 is 0.604 bits per heavy atom. The molecule has 96 heavy (non-hydrogen) atoms. The smallest absolute Gasteiger partial charge is 0.160 e. The second-order valence-corrected chi connectivity index (χ2v) is 25.4. The van der Waals surface area contributed by atoms with Crippen LogP contribution in [0.15, 0.2) is 357 Å². The zero-order chi connectivity index (χ0) is 63.6. The van der Waals surface area contributed by atoms with Crippen molar-refractivity contribution >= 4 is 16.3 Å². The topological polar surface area (TPSA) is 51.6 Å². The maximum atomic E-state index is 5.46. The van der Waals surface area contributed by atoms with Crippen LogP contribution < -0.4 is 0 Å². The highest BCUT2D eigenvalue weighted by atomic mass is 14.9. The third-order valence-electron chi connectivity index (χ3n) is 20.2. The van der Waals surface area contributed by atoms with Gasteiger partial charge in [-0.15, -0.1) is 0 Å². The number of rotatable bonds is 12. The first-order valence-corrected chi connectivity index (χ1v) is 33.2. The van der Waals surface area contributed by atoms with Gasteiger partial charge in [-0.05, 0) is 137 Å². The standard InChI is InChI=1S/C92H62N4/c1-7-25-63(26-8-1)85-59-86(95-90(94-85)68-54-56-80-78-38-20-22-44-82(78)92(84(80)58-68,71-33-15-5-16-34-71)72-35-17-6-18-36-72)64-49-45-61(46-50-64)73-39-23-42-76-74(40-24-41-75(73)76)62-47-51-65(52-48-62)87-60-88(96-89(93-87)66-27-9-2-10-28-66)67-53-55-79-77-37-19-21-43-81(77)91(83(79)57-67,69-29-11-3-12-30-69)70-31-13-4-14-32-70/h1-21,23-43,45-60H,22,44H2. The van der Waals surface area contributed by atoms with Crippen LogP contribution in [0, 0.1) is 0 Å². The number of fused-ring (bicyclic) bond motifs is 6. The Bertz CT molecular complexity index is 5450. The largest absolute Gasteiger partial charge is 0.228 e. The van der Waals surface area contributed by atoms with Crippen molar-refractivity contribution in [2.75, 3.05) is 0 Å². The summed E-state index contributed by atoms with van der Waals surface area (Å²) in [6.45, 7) is 0. The number of nitrogens with zero attached hydrogens (tertiary/aromatic N) is 4.